The molecule has 0 atom stereocenters. The average molecular weight is 502 g/mol. The fourth-order valence-electron chi connectivity index (χ4n) is 1.44. The van der Waals surface area contributed by atoms with Crippen LogP contribution in [0.1, 0.15) is 0 Å². The Morgan fingerprint density at radius 1 is 0.536 bits per heavy atom. The van der Waals surface area contributed by atoms with Crippen molar-refractivity contribution in [3.63, 3.8) is 0 Å². The number of aliphatic carboxylic acids is 4. The standard InChI is InChI=1S/C10H16N2O8.2Fe.H3N.3H2N.2H2O/c13-7(14)3-11(4-8(15)16)1-2-12(5-9(17)18)6-10(19)20;;;;;;;;/h1-6H2,(H,13,14)(H,15,16)(H,17,18)(H,19,20);;;1H3;5*1H2/q;2*+3;;3*-1;;/p-3. The Morgan fingerprint density at radius 2 is 0.679 bits per heavy atom. The summed E-state index contributed by atoms with van der Waals surface area (Å²) in [5.41, 5.74) is 0. The van der Waals surface area contributed by atoms with Crippen molar-refractivity contribution in [2.24, 2.45) is 0 Å². The van der Waals surface area contributed by atoms with Crippen LogP contribution in [0.3, 0.4) is 0 Å². The number of carboxylic acid groups (broad SMARTS) is 4. The number of rotatable bonds is 11. The molecule has 16 nitrogen and oxygen atoms in total. The molecule has 0 saturated carbocycles. The minimum Gasteiger partial charge on any atom is -0.693 e. The molecule has 0 aliphatic rings. The van der Waals surface area contributed by atoms with E-state index in [2.05, 4.69) is 0 Å². The average Bonchev–Trinajstić information content (AvgIpc) is 2.22. The summed E-state index contributed by atoms with van der Waals surface area (Å²) < 4.78 is 0. The number of nitrogens with zero attached hydrogens (tertiary/aromatic N) is 2. The first-order chi connectivity index (χ1) is 9.20. The zero-order chi connectivity index (χ0) is 15.7. The van der Waals surface area contributed by atoms with Crippen LogP contribution >= 0.6 is 0 Å². The van der Waals surface area contributed by atoms with Crippen LogP contribution in [0.2, 0.25) is 0 Å². The molecule has 0 bridgehead atoms. The van der Waals surface area contributed by atoms with Gasteiger partial charge in [-0.25, -0.2) is 0 Å². The van der Waals surface area contributed by atoms with Crippen molar-refractivity contribution in [1.29, 1.82) is 0 Å². The van der Waals surface area contributed by atoms with E-state index in [0.29, 0.717) is 0 Å². The van der Waals surface area contributed by atoms with Crippen LogP contribution < -0.4 is 26.6 Å². The summed E-state index contributed by atoms with van der Waals surface area (Å²) in [6, 6.07) is 0. The SMILES string of the molecule is O.O.O=C([O-])CN(CCN(CC(=O)[O-])CC(=O)[O-])CC(=O)[O-].[Fe+3].[Fe+3].[NH2-].[NH2-].[NH2-].[NH4+]. The number of hydrogen-bond donors (Lipinski definition) is 1. The van der Waals surface area contributed by atoms with E-state index in [1.807, 2.05) is 0 Å². The maximum Gasteiger partial charge on any atom is 3.00 e. The molecule has 0 amide bonds. The Hall–Kier alpha value is -1.40. The molecule has 0 unspecified atom stereocenters. The van der Waals surface area contributed by atoms with Gasteiger partial charge in [-0.05, 0) is 0 Å². The molecule has 14 N–H and O–H groups in total. The second-order valence-electron chi connectivity index (χ2n) is 3.91. The Morgan fingerprint density at radius 3 is 0.786 bits per heavy atom. The fraction of sp³-hybridized carbons (Fsp3) is 0.600. The third-order valence-corrected chi connectivity index (χ3v) is 2.14. The van der Waals surface area contributed by atoms with Gasteiger partial charge in [0.25, 0.3) is 0 Å². The van der Waals surface area contributed by atoms with Gasteiger partial charge < -0.3 is 75.2 Å². The van der Waals surface area contributed by atoms with E-state index in [4.69, 9.17) is 0 Å². The van der Waals surface area contributed by atoms with Gasteiger partial charge in [-0.1, -0.05) is 0 Å². The molecule has 0 rings (SSSR count). The molecule has 18 heteroatoms. The molecule has 28 heavy (non-hydrogen) atoms. The van der Waals surface area contributed by atoms with Crippen LogP contribution in [0, 0.1) is 0 Å². The topological polar surface area (TPSA) is 367 Å². The summed E-state index contributed by atoms with van der Waals surface area (Å²) in [5, 5.41) is 41.6. The zero-order valence-corrected chi connectivity index (χ0v) is 17.1. The Balaban J connectivity index is -0.0000000645. The van der Waals surface area contributed by atoms with Gasteiger partial charge in [0.2, 0.25) is 0 Å². The van der Waals surface area contributed by atoms with Crippen LogP contribution in [0.5, 0.6) is 0 Å². The zero-order valence-electron chi connectivity index (χ0n) is 14.8. The number of carbonyl (C=O) groups excluding carboxylic acids is 4. The number of nitrogens with two attached hydrogens (primary N) is 3. The molecule has 0 aliphatic carbocycles. The van der Waals surface area contributed by atoms with Gasteiger partial charge in [0.15, 0.2) is 0 Å². The van der Waals surface area contributed by atoms with Crippen LogP contribution in [-0.2, 0) is 53.3 Å². The van der Waals surface area contributed by atoms with Crippen molar-refractivity contribution in [3.8, 4) is 0 Å². The molecule has 0 aromatic rings. The summed E-state index contributed by atoms with van der Waals surface area (Å²) in [5.74, 6) is -6.12. The number of quaternary nitrogens is 1. The predicted molar refractivity (Wildman–Crippen MR) is 82.0 cm³/mol. The third kappa shape index (κ3) is 35.7. The quantitative estimate of drug-likeness (QED) is 0.260. The van der Waals surface area contributed by atoms with Gasteiger partial charge in [0, 0.05) is 39.3 Å². The molecule has 0 saturated heterocycles. The molecule has 0 fully saturated rings. The summed E-state index contributed by atoms with van der Waals surface area (Å²) in [6.45, 7) is -3.25. The van der Waals surface area contributed by atoms with E-state index < -0.39 is 50.1 Å². The van der Waals surface area contributed by atoms with Crippen molar-refractivity contribution in [3.05, 3.63) is 18.5 Å². The van der Waals surface area contributed by atoms with E-state index >= 15 is 0 Å². The van der Waals surface area contributed by atoms with Gasteiger partial charge in [0.1, 0.15) is 0 Å². The van der Waals surface area contributed by atoms with Crippen molar-refractivity contribution < 1.29 is 84.7 Å². The summed E-state index contributed by atoms with van der Waals surface area (Å²) in [7, 11) is 0. The molecule has 172 valence electrons. The molecule has 0 aliphatic heterocycles. The van der Waals surface area contributed by atoms with Crippen molar-refractivity contribution >= 4 is 23.9 Å². The van der Waals surface area contributed by atoms with E-state index in [1.165, 1.54) is 0 Å². The molecule has 2 radical (unpaired) electrons. The van der Waals surface area contributed by atoms with Crippen molar-refractivity contribution in [1.82, 2.24) is 16.0 Å². The van der Waals surface area contributed by atoms with Gasteiger partial charge in [-0.2, -0.15) is 0 Å². The number of hydrogen-bond acceptors (Lipinski definition) is 10. The monoisotopic (exact) mass is 502 g/mol. The first kappa shape index (κ1) is 56.3. The van der Waals surface area contributed by atoms with E-state index in [9.17, 15) is 39.6 Å². The normalized spacial score (nSPS) is 7.64. The second kappa shape index (κ2) is 30.3. The Labute approximate surface area is 182 Å². The van der Waals surface area contributed by atoms with Crippen LogP contribution in [0.25, 0.3) is 18.5 Å². The predicted octanol–water partition coefficient (Wildman–Crippen LogP) is -6.54. The molecule has 0 heterocycles. The van der Waals surface area contributed by atoms with Gasteiger partial charge in [-0.15, -0.1) is 0 Å². The van der Waals surface area contributed by atoms with Crippen molar-refractivity contribution in [2.45, 2.75) is 0 Å². The number of carbonyl (C=O) groups is 4. The smallest absolute Gasteiger partial charge is 0.693 e. The minimum atomic E-state index is -1.53. The first-order valence-corrected chi connectivity index (χ1v) is 5.44. The summed E-state index contributed by atoms with van der Waals surface area (Å²) >= 11 is 0. The third-order valence-electron chi connectivity index (χ3n) is 2.14. The minimum absolute atomic E-state index is 0. The van der Waals surface area contributed by atoms with E-state index in [1.54, 1.807) is 0 Å². The van der Waals surface area contributed by atoms with Gasteiger partial charge in [0.05, 0.1) is 23.9 Å². The summed E-state index contributed by atoms with van der Waals surface area (Å²) in [4.78, 5) is 43.4. The van der Waals surface area contributed by atoms with E-state index in [-0.39, 0.29) is 82.8 Å². The molecular weight excluding hydrogens is 476 g/mol. The summed E-state index contributed by atoms with van der Waals surface area (Å²) in [6.07, 6.45) is 0. The molecule has 0 spiro atoms. The Bertz CT molecular complexity index is 339. The second-order valence-corrected chi connectivity index (χ2v) is 3.91. The van der Waals surface area contributed by atoms with Crippen LogP contribution in [0.4, 0.5) is 0 Å². The molecular formula is C10H26Fe2N6O10. The van der Waals surface area contributed by atoms with Gasteiger partial charge >= 0.3 is 34.1 Å². The fourth-order valence-corrected chi connectivity index (χ4v) is 1.44. The van der Waals surface area contributed by atoms with Gasteiger partial charge in [-0.3, -0.25) is 9.80 Å². The van der Waals surface area contributed by atoms with Crippen LogP contribution in [-0.4, -0.2) is 83.9 Å². The maximum atomic E-state index is 10.4. The molecule has 0 aromatic heterocycles. The Kier molecular flexibility index (Phi) is 61.0. The maximum absolute atomic E-state index is 10.4. The van der Waals surface area contributed by atoms with E-state index in [0.717, 1.165) is 9.80 Å². The molecule has 0 aromatic carbocycles. The van der Waals surface area contributed by atoms with Crippen molar-refractivity contribution in [2.75, 3.05) is 39.3 Å². The largest absolute Gasteiger partial charge is 3.00 e. The van der Waals surface area contributed by atoms with Crippen LogP contribution in [0.15, 0.2) is 0 Å². The number of carboxylic acids is 4. The first-order valence-electron chi connectivity index (χ1n) is 5.44.